The Kier molecular flexibility index (Phi) is 4.82. The van der Waals surface area contributed by atoms with Gasteiger partial charge in [-0.15, -0.1) is 11.3 Å². The van der Waals surface area contributed by atoms with Gasteiger partial charge in [0.05, 0.1) is 23.2 Å². The van der Waals surface area contributed by atoms with E-state index in [0.29, 0.717) is 23.3 Å². The van der Waals surface area contributed by atoms with Crippen LogP contribution < -0.4 is 0 Å². The molecule has 6 heteroatoms. The molecule has 0 unspecified atom stereocenters. The van der Waals surface area contributed by atoms with E-state index in [1.807, 2.05) is 23.7 Å². The van der Waals surface area contributed by atoms with Crippen molar-refractivity contribution >= 4 is 34.5 Å². The van der Waals surface area contributed by atoms with E-state index < -0.39 is 5.79 Å². The van der Waals surface area contributed by atoms with Crippen LogP contribution in [0.4, 0.5) is 0 Å². The molecular weight excluding hydrogens is 329 g/mol. The zero-order chi connectivity index (χ0) is 14.7. The molecule has 0 amide bonds. The third kappa shape index (κ3) is 3.41. The molecule has 1 aliphatic rings. The average Bonchev–Trinajstić information content (AvgIpc) is 3.11. The maximum absolute atomic E-state index is 6.32. The van der Waals surface area contributed by atoms with E-state index in [9.17, 15) is 0 Å². The maximum Gasteiger partial charge on any atom is 0.196 e. The second kappa shape index (κ2) is 6.63. The van der Waals surface area contributed by atoms with Crippen LogP contribution in [0.15, 0.2) is 29.8 Å². The molecule has 1 fully saturated rings. The molecule has 1 aromatic carbocycles. The van der Waals surface area contributed by atoms with Gasteiger partial charge in [-0.1, -0.05) is 29.3 Å². The molecule has 3 rings (SSSR count). The molecule has 0 spiro atoms. The molecule has 0 aliphatic carbocycles. The van der Waals surface area contributed by atoms with Crippen molar-refractivity contribution in [3.8, 4) is 0 Å². The van der Waals surface area contributed by atoms with Crippen molar-refractivity contribution in [1.82, 2.24) is 4.98 Å². The average molecular weight is 344 g/mol. The molecule has 2 aromatic rings. The fourth-order valence-electron chi connectivity index (χ4n) is 2.54. The molecule has 0 saturated carbocycles. The SMILES string of the molecule is Clc1ccc(C2(CCCc3nccs3)OCCO2)c(Cl)c1. The van der Waals surface area contributed by atoms with Crippen LogP contribution in [0.25, 0.3) is 0 Å². The highest BCUT2D eigenvalue weighted by atomic mass is 35.5. The molecule has 1 saturated heterocycles. The van der Waals surface area contributed by atoms with Gasteiger partial charge >= 0.3 is 0 Å². The lowest BCUT2D eigenvalue weighted by Crippen LogP contribution is -2.27. The Balaban J connectivity index is 1.76. The van der Waals surface area contributed by atoms with Gasteiger partial charge < -0.3 is 9.47 Å². The number of aromatic nitrogens is 1. The summed E-state index contributed by atoms with van der Waals surface area (Å²) in [5, 5.41) is 4.31. The first-order valence-electron chi connectivity index (χ1n) is 6.81. The number of ether oxygens (including phenoxy) is 2. The first kappa shape index (κ1) is 15.3. The second-order valence-electron chi connectivity index (χ2n) is 4.85. The summed E-state index contributed by atoms with van der Waals surface area (Å²) in [5.41, 5.74) is 0.852. The Morgan fingerprint density at radius 1 is 1.24 bits per heavy atom. The van der Waals surface area contributed by atoms with Gasteiger partial charge in [0.2, 0.25) is 0 Å². The number of hydrogen-bond acceptors (Lipinski definition) is 4. The lowest BCUT2D eigenvalue weighted by molar-refractivity contribution is -0.171. The van der Waals surface area contributed by atoms with Gasteiger partial charge in [0.15, 0.2) is 5.79 Å². The van der Waals surface area contributed by atoms with Crippen molar-refractivity contribution in [3.63, 3.8) is 0 Å². The number of benzene rings is 1. The Hall–Kier alpha value is -0.650. The highest BCUT2D eigenvalue weighted by Gasteiger charge is 2.39. The summed E-state index contributed by atoms with van der Waals surface area (Å²) >= 11 is 14.0. The smallest absolute Gasteiger partial charge is 0.196 e. The molecule has 0 bridgehead atoms. The van der Waals surface area contributed by atoms with Gasteiger partial charge in [0, 0.05) is 28.6 Å². The van der Waals surface area contributed by atoms with Gasteiger partial charge in [0.1, 0.15) is 0 Å². The quantitative estimate of drug-likeness (QED) is 0.790. The third-order valence-electron chi connectivity index (χ3n) is 3.48. The third-order valence-corrected chi connectivity index (χ3v) is 4.86. The van der Waals surface area contributed by atoms with Crippen molar-refractivity contribution in [2.45, 2.75) is 25.0 Å². The Bertz CT molecular complexity index is 598. The Morgan fingerprint density at radius 3 is 2.71 bits per heavy atom. The predicted octanol–water partition coefficient (Wildman–Crippen LogP) is 4.67. The van der Waals surface area contributed by atoms with Gasteiger partial charge in [-0.25, -0.2) is 4.98 Å². The van der Waals surface area contributed by atoms with Crippen LogP contribution in [-0.2, 0) is 21.7 Å². The van der Waals surface area contributed by atoms with E-state index in [0.717, 1.165) is 29.8 Å². The van der Waals surface area contributed by atoms with Crippen LogP contribution in [-0.4, -0.2) is 18.2 Å². The fourth-order valence-corrected chi connectivity index (χ4v) is 3.75. The predicted molar refractivity (Wildman–Crippen MR) is 85.1 cm³/mol. The van der Waals surface area contributed by atoms with Crippen molar-refractivity contribution < 1.29 is 9.47 Å². The number of nitrogens with zero attached hydrogens (tertiary/aromatic N) is 1. The van der Waals surface area contributed by atoms with E-state index in [2.05, 4.69) is 4.98 Å². The molecule has 0 N–H and O–H groups in total. The molecule has 0 radical (unpaired) electrons. The number of aryl methyl sites for hydroxylation is 1. The monoisotopic (exact) mass is 343 g/mol. The Morgan fingerprint density at radius 2 is 2.05 bits per heavy atom. The standard InChI is InChI=1S/C15H15Cl2NO2S/c16-11-3-4-12(13(17)10-11)15(19-7-8-20-15)5-1-2-14-18-6-9-21-14/h3-4,6,9-10H,1-2,5,7-8H2. The molecule has 1 aliphatic heterocycles. The van der Waals surface area contributed by atoms with E-state index in [1.165, 1.54) is 0 Å². The molecule has 112 valence electrons. The van der Waals surface area contributed by atoms with Crippen molar-refractivity contribution in [3.05, 3.63) is 50.4 Å². The Labute approximate surface area is 137 Å². The summed E-state index contributed by atoms with van der Waals surface area (Å²) in [6.45, 7) is 1.16. The minimum atomic E-state index is -0.751. The highest BCUT2D eigenvalue weighted by Crippen LogP contribution is 2.40. The van der Waals surface area contributed by atoms with Gasteiger partial charge in [-0.3, -0.25) is 0 Å². The van der Waals surface area contributed by atoms with Crippen LogP contribution in [0, 0.1) is 0 Å². The van der Waals surface area contributed by atoms with Crippen molar-refractivity contribution in [2.75, 3.05) is 13.2 Å². The lowest BCUT2D eigenvalue weighted by Gasteiger charge is -2.28. The second-order valence-corrected chi connectivity index (χ2v) is 6.68. The number of hydrogen-bond donors (Lipinski definition) is 0. The number of thiazole rings is 1. The number of rotatable bonds is 5. The van der Waals surface area contributed by atoms with Crippen LogP contribution in [0.5, 0.6) is 0 Å². The van der Waals surface area contributed by atoms with E-state index >= 15 is 0 Å². The van der Waals surface area contributed by atoms with Crippen LogP contribution in [0.3, 0.4) is 0 Å². The zero-order valence-corrected chi connectivity index (χ0v) is 13.7. The molecule has 3 nitrogen and oxygen atoms in total. The van der Waals surface area contributed by atoms with Gasteiger partial charge in [-0.2, -0.15) is 0 Å². The number of halogens is 2. The minimum absolute atomic E-state index is 0.580. The first-order valence-corrected chi connectivity index (χ1v) is 8.45. The molecular formula is C15H15Cl2NO2S. The normalized spacial score (nSPS) is 17.2. The van der Waals surface area contributed by atoms with Crippen molar-refractivity contribution in [1.29, 1.82) is 0 Å². The van der Waals surface area contributed by atoms with Crippen LogP contribution in [0.2, 0.25) is 10.0 Å². The molecule has 1 aromatic heterocycles. The summed E-state index contributed by atoms with van der Waals surface area (Å²) in [7, 11) is 0. The fraction of sp³-hybridized carbons (Fsp3) is 0.400. The minimum Gasteiger partial charge on any atom is -0.343 e. The summed E-state index contributed by atoms with van der Waals surface area (Å²) < 4.78 is 11.8. The van der Waals surface area contributed by atoms with E-state index in [-0.39, 0.29) is 0 Å². The summed E-state index contributed by atoms with van der Waals surface area (Å²) in [5.74, 6) is -0.751. The highest BCUT2D eigenvalue weighted by molar-refractivity contribution is 7.09. The summed E-state index contributed by atoms with van der Waals surface area (Å²) in [6.07, 6.45) is 4.41. The largest absolute Gasteiger partial charge is 0.343 e. The maximum atomic E-state index is 6.32. The summed E-state index contributed by atoms with van der Waals surface area (Å²) in [4.78, 5) is 4.30. The van der Waals surface area contributed by atoms with Crippen LogP contribution >= 0.6 is 34.5 Å². The zero-order valence-electron chi connectivity index (χ0n) is 11.4. The first-order chi connectivity index (χ1) is 10.2. The molecule has 21 heavy (non-hydrogen) atoms. The topological polar surface area (TPSA) is 31.4 Å². The summed E-state index contributed by atoms with van der Waals surface area (Å²) in [6, 6.07) is 5.43. The molecule has 2 heterocycles. The van der Waals surface area contributed by atoms with Gasteiger partial charge in [0.25, 0.3) is 0 Å². The van der Waals surface area contributed by atoms with E-state index in [4.69, 9.17) is 32.7 Å². The van der Waals surface area contributed by atoms with E-state index in [1.54, 1.807) is 17.4 Å². The van der Waals surface area contributed by atoms with Gasteiger partial charge in [-0.05, 0) is 25.0 Å². The van der Waals surface area contributed by atoms with Crippen LogP contribution in [0.1, 0.15) is 23.4 Å². The lowest BCUT2D eigenvalue weighted by atomic mass is 9.99. The van der Waals surface area contributed by atoms with Crippen molar-refractivity contribution in [2.24, 2.45) is 0 Å². The molecule has 0 atom stereocenters.